The van der Waals surface area contributed by atoms with E-state index in [0.29, 0.717) is 12.3 Å². The van der Waals surface area contributed by atoms with Crippen LogP contribution in [0.5, 0.6) is 0 Å². The molecule has 1 rings (SSSR count). The molecule has 0 aromatic rings. The van der Waals surface area contributed by atoms with Gasteiger partial charge in [-0.05, 0) is 45.4 Å². The molecule has 0 aliphatic heterocycles. The summed E-state index contributed by atoms with van der Waals surface area (Å²) in [4.78, 5) is 24.5. The monoisotopic (exact) mass is 297 g/mol. The molecule has 1 N–H and O–H groups in total. The molecular weight excluding hydrogens is 266 g/mol. The molecule has 2 atom stereocenters. The van der Waals surface area contributed by atoms with Crippen LogP contribution in [0, 0.1) is 11.8 Å². The highest BCUT2D eigenvalue weighted by atomic mass is 16.6. The molecule has 4 nitrogen and oxygen atoms in total. The molecule has 1 saturated carbocycles. The van der Waals surface area contributed by atoms with Crippen LogP contribution in [-0.2, 0) is 14.3 Å². The normalized spacial score (nSPS) is 19.1. The molecular formula is C17H31NO3. The minimum atomic E-state index is -0.539. The van der Waals surface area contributed by atoms with E-state index in [1.807, 2.05) is 34.6 Å². The largest absolute Gasteiger partial charge is 0.458 e. The van der Waals surface area contributed by atoms with Gasteiger partial charge in [0.05, 0.1) is 0 Å². The van der Waals surface area contributed by atoms with Crippen molar-refractivity contribution in [1.29, 1.82) is 0 Å². The number of carbonyl (C=O) groups is 2. The molecule has 0 heterocycles. The lowest BCUT2D eigenvalue weighted by Crippen LogP contribution is -2.48. The maximum Gasteiger partial charge on any atom is 0.329 e. The molecule has 0 spiro atoms. The number of amides is 1. The fourth-order valence-electron chi connectivity index (χ4n) is 2.74. The van der Waals surface area contributed by atoms with E-state index < -0.39 is 11.6 Å². The van der Waals surface area contributed by atoms with Gasteiger partial charge in [-0.1, -0.05) is 33.1 Å². The second kappa shape index (κ2) is 7.81. The van der Waals surface area contributed by atoms with Gasteiger partial charge in [0.15, 0.2) is 0 Å². The highest BCUT2D eigenvalue weighted by Crippen LogP contribution is 2.27. The molecule has 1 fully saturated rings. The van der Waals surface area contributed by atoms with Crippen LogP contribution in [0.1, 0.15) is 73.1 Å². The van der Waals surface area contributed by atoms with Crippen LogP contribution in [0.2, 0.25) is 0 Å². The highest BCUT2D eigenvalue weighted by Gasteiger charge is 2.31. The third kappa shape index (κ3) is 6.49. The van der Waals surface area contributed by atoms with Crippen LogP contribution >= 0.6 is 0 Å². The molecule has 0 bridgehead atoms. The lowest BCUT2D eigenvalue weighted by Gasteiger charge is -2.28. The predicted octanol–water partition coefficient (Wildman–Crippen LogP) is 3.44. The molecule has 1 aliphatic rings. The van der Waals surface area contributed by atoms with Gasteiger partial charge in [-0.15, -0.1) is 0 Å². The molecule has 122 valence electrons. The molecule has 1 aliphatic carbocycles. The van der Waals surface area contributed by atoms with E-state index in [1.165, 1.54) is 12.8 Å². The second-order valence-electron chi connectivity index (χ2n) is 7.32. The smallest absolute Gasteiger partial charge is 0.329 e. The van der Waals surface area contributed by atoms with E-state index in [4.69, 9.17) is 4.74 Å². The van der Waals surface area contributed by atoms with Gasteiger partial charge in [-0.25, -0.2) is 4.79 Å². The molecule has 0 saturated heterocycles. The fraction of sp³-hybridized carbons (Fsp3) is 0.882. The summed E-state index contributed by atoms with van der Waals surface area (Å²) in [6, 6.07) is -0.539. The van der Waals surface area contributed by atoms with Crippen molar-refractivity contribution >= 4 is 11.9 Å². The third-order valence-electron chi connectivity index (χ3n) is 4.14. The summed E-state index contributed by atoms with van der Waals surface area (Å²) in [5.74, 6) is 0.225. The summed E-state index contributed by atoms with van der Waals surface area (Å²) in [6.45, 7) is 9.53. The lowest BCUT2D eigenvalue weighted by molar-refractivity contribution is -0.160. The maximum absolute atomic E-state index is 12.3. The Kier molecular flexibility index (Phi) is 6.69. The van der Waals surface area contributed by atoms with Gasteiger partial charge in [0.25, 0.3) is 0 Å². The van der Waals surface area contributed by atoms with Gasteiger partial charge in [0.2, 0.25) is 5.91 Å². The fourth-order valence-corrected chi connectivity index (χ4v) is 2.74. The van der Waals surface area contributed by atoms with E-state index in [1.54, 1.807) is 0 Å². The van der Waals surface area contributed by atoms with Gasteiger partial charge in [0, 0.05) is 6.42 Å². The average Bonchev–Trinajstić information content (AvgIpc) is 2.85. The maximum atomic E-state index is 12.3. The number of hydrogen-bond acceptors (Lipinski definition) is 3. The first-order chi connectivity index (χ1) is 9.73. The Labute approximate surface area is 129 Å². The van der Waals surface area contributed by atoms with Crippen LogP contribution in [0.25, 0.3) is 0 Å². The lowest BCUT2D eigenvalue weighted by atomic mass is 9.97. The van der Waals surface area contributed by atoms with Gasteiger partial charge < -0.3 is 10.1 Å². The molecule has 0 aromatic heterocycles. The Morgan fingerprint density at radius 2 is 1.81 bits per heavy atom. The van der Waals surface area contributed by atoms with Crippen LogP contribution in [0.3, 0.4) is 0 Å². The number of hydrogen-bond donors (Lipinski definition) is 1. The summed E-state index contributed by atoms with van der Waals surface area (Å²) < 4.78 is 5.44. The average molecular weight is 297 g/mol. The SMILES string of the molecule is CC[C@H](C)[C@H](NC(=O)CC1CCCC1)C(=O)OC(C)(C)C. The molecule has 21 heavy (non-hydrogen) atoms. The molecule has 0 radical (unpaired) electrons. The van der Waals surface area contributed by atoms with Crippen LogP contribution in [0.15, 0.2) is 0 Å². The number of nitrogens with one attached hydrogen (secondary N) is 1. The quantitative estimate of drug-likeness (QED) is 0.764. The molecule has 4 heteroatoms. The van der Waals surface area contributed by atoms with Crippen LogP contribution in [0.4, 0.5) is 0 Å². The van der Waals surface area contributed by atoms with Crippen molar-refractivity contribution in [2.45, 2.75) is 84.8 Å². The Morgan fingerprint density at radius 3 is 2.29 bits per heavy atom. The van der Waals surface area contributed by atoms with Crippen LogP contribution < -0.4 is 5.32 Å². The van der Waals surface area contributed by atoms with Crippen molar-refractivity contribution in [1.82, 2.24) is 5.32 Å². The zero-order valence-electron chi connectivity index (χ0n) is 14.2. The van der Waals surface area contributed by atoms with Crippen molar-refractivity contribution in [2.24, 2.45) is 11.8 Å². The van der Waals surface area contributed by atoms with E-state index in [-0.39, 0.29) is 17.8 Å². The first-order valence-electron chi connectivity index (χ1n) is 8.25. The van der Waals surface area contributed by atoms with Crippen molar-refractivity contribution < 1.29 is 14.3 Å². The Bertz CT molecular complexity index is 354. The van der Waals surface area contributed by atoms with Crippen molar-refractivity contribution in [3.05, 3.63) is 0 Å². The van der Waals surface area contributed by atoms with Crippen molar-refractivity contribution in [3.63, 3.8) is 0 Å². The van der Waals surface area contributed by atoms with E-state index in [0.717, 1.165) is 19.3 Å². The number of ether oxygens (including phenoxy) is 1. The van der Waals surface area contributed by atoms with Crippen molar-refractivity contribution in [2.75, 3.05) is 0 Å². The summed E-state index contributed by atoms with van der Waals surface area (Å²) in [5, 5.41) is 2.90. The van der Waals surface area contributed by atoms with E-state index in [2.05, 4.69) is 5.32 Å². The highest BCUT2D eigenvalue weighted by molar-refractivity contribution is 5.85. The topological polar surface area (TPSA) is 55.4 Å². The Balaban J connectivity index is 2.60. The minimum absolute atomic E-state index is 0.0157. The zero-order chi connectivity index (χ0) is 16.0. The number of rotatable bonds is 6. The minimum Gasteiger partial charge on any atom is -0.458 e. The standard InChI is InChI=1S/C17H31NO3/c1-6-12(2)15(16(20)21-17(3,4)5)18-14(19)11-13-9-7-8-10-13/h12-13,15H,6-11H2,1-5H3,(H,18,19)/t12-,15-/m0/s1. The molecule has 1 amide bonds. The van der Waals surface area contributed by atoms with Crippen LogP contribution in [-0.4, -0.2) is 23.5 Å². The summed E-state index contributed by atoms with van der Waals surface area (Å²) in [6.07, 6.45) is 6.07. The Hall–Kier alpha value is -1.06. The first-order valence-corrected chi connectivity index (χ1v) is 8.25. The van der Waals surface area contributed by atoms with Gasteiger partial charge in [0.1, 0.15) is 11.6 Å². The molecule has 0 unspecified atom stereocenters. The number of carbonyl (C=O) groups excluding carboxylic acids is 2. The second-order valence-corrected chi connectivity index (χ2v) is 7.32. The first kappa shape index (κ1) is 18.0. The summed E-state index contributed by atoms with van der Waals surface area (Å²) in [5.41, 5.74) is -0.529. The third-order valence-corrected chi connectivity index (χ3v) is 4.14. The van der Waals surface area contributed by atoms with Crippen molar-refractivity contribution in [3.8, 4) is 0 Å². The molecule has 0 aromatic carbocycles. The van der Waals surface area contributed by atoms with Gasteiger partial charge in [-0.3, -0.25) is 4.79 Å². The summed E-state index contributed by atoms with van der Waals surface area (Å²) >= 11 is 0. The van der Waals surface area contributed by atoms with Gasteiger partial charge in [-0.2, -0.15) is 0 Å². The Morgan fingerprint density at radius 1 is 1.24 bits per heavy atom. The van der Waals surface area contributed by atoms with E-state index in [9.17, 15) is 9.59 Å². The number of esters is 1. The summed E-state index contributed by atoms with van der Waals surface area (Å²) in [7, 11) is 0. The van der Waals surface area contributed by atoms with E-state index >= 15 is 0 Å². The predicted molar refractivity (Wildman–Crippen MR) is 83.8 cm³/mol. The van der Waals surface area contributed by atoms with Gasteiger partial charge >= 0.3 is 5.97 Å². The zero-order valence-corrected chi connectivity index (χ0v) is 14.2.